The Morgan fingerprint density at radius 3 is 2.62 bits per heavy atom. The summed E-state index contributed by atoms with van der Waals surface area (Å²) in [7, 11) is 1.77. The number of carbonyl (C=O) groups excluding carboxylic acids is 1. The summed E-state index contributed by atoms with van der Waals surface area (Å²) >= 11 is 0. The first-order valence-electron chi connectivity index (χ1n) is 5.36. The van der Waals surface area contributed by atoms with Gasteiger partial charge in [-0.15, -0.1) is 0 Å². The summed E-state index contributed by atoms with van der Waals surface area (Å²) in [5, 5.41) is 0. The molecule has 0 radical (unpaired) electrons. The van der Waals surface area contributed by atoms with Gasteiger partial charge < -0.3 is 15.4 Å². The molecular weight excluding hydrogens is 204 g/mol. The van der Waals surface area contributed by atoms with Crippen LogP contribution < -0.4 is 10.6 Å². The molecule has 1 aliphatic heterocycles. The second-order valence-electron chi connectivity index (χ2n) is 4.04. The molecule has 2 atom stereocenters. The van der Waals surface area contributed by atoms with Gasteiger partial charge in [0.05, 0.1) is 19.1 Å². The predicted molar refractivity (Wildman–Crippen MR) is 62.1 cm³/mol. The molecule has 0 aromatic heterocycles. The van der Waals surface area contributed by atoms with Gasteiger partial charge in [0, 0.05) is 18.8 Å². The van der Waals surface area contributed by atoms with Gasteiger partial charge in [0.2, 0.25) is 5.91 Å². The maximum absolute atomic E-state index is 12.1. The number of rotatable bonds is 2. The molecule has 2 rings (SSSR count). The van der Waals surface area contributed by atoms with Gasteiger partial charge in [-0.05, 0) is 12.1 Å². The first-order chi connectivity index (χ1) is 7.70. The molecule has 1 aromatic rings. The van der Waals surface area contributed by atoms with E-state index in [1.54, 1.807) is 11.9 Å². The summed E-state index contributed by atoms with van der Waals surface area (Å²) in [4.78, 5) is 13.8. The van der Waals surface area contributed by atoms with Crippen LogP contribution in [0, 0.1) is 5.92 Å². The highest BCUT2D eigenvalue weighted by molar-refractivity contribution is 5.95. The van der Waals surface area contributed by atoms with Crippen molar-refractivity contribution < 1.29 is 9.53 Å². The maximum atomic E-state index is 12.1. The van der Waals surface area contributed by atoms with E-state index in [0.717, 1.165) is 5.69 Å². The fourth-order valence-corrected chi connectivity index (χ4v) is 1.85. The number of para-hydroxylation sites is 1. The number of amides is 1. The lowest BCUT2D eigenvalue weighted by atomic mass is 10.0. The van der Waals surface area contributed by atoms with Crippen LogP contribution in [0.4, 0.5) is 5.69 Å². The normalized spacial score (nSPS) is 24.4. The number of hydrogen-bond donors (Lipinski definition) is 1. The molecule has 4 nitrogen and oxygen atoms in total. The number of hydrogen-bond acceptors (Lipinski definition) is 3. The van der Waals surface area contributed by atoms with Crippen LogP contribution in [0.3, 0.4) is 0 Å². The topological polar surface area (TPSA) is 55.6 Å². The maximum Gasteiger partial charge on any atom is 0.233 e. The number of nitrogens with zero attached hydrogens (tertiary/aromatic N) is 1. The minimum absolute atomic E-state index is 0.0243. The minimum atomic E-state index is -0.217. The fourth-order valence-electron chi connectivity index (χ4n) is 1.85. The van der Waals surface area contributed by atoms with Crippen molar-refractivity contribution in [2.45, 2.75) is 6.04 Å². The Balaban J connectivity index is 2.10. The van der Waals surface area contributed by atoms with E-state index >= 15 is 0 Å². The zero-order chi connectivity index (χ0) is 11.5. The molecule has 1 aliphatic rings. The number of anilines is 1. The smallest absolute Gasteiger partial charge is 0.233 e. The van der Waals surface area contributed by atoms with Crippen LogP contribution in [0.2, 0.25) is 0 Å². The van der Waals surface area contributed by atoms with Crippen molar-refractivity contribution >= 4 is 11.6 Å². The zero-order valence-corrected chi connectivity index (χ0v) is 9.30. The van der Waals surface area contributed by atoms with Crippen molar-refractivity contribution in [2.75, 3.05) is 25.2 Å². The van der Waals surface area contributed by atoms with Gasteiger partial charge in [-0.2, -0.15) is 0 Å². The third-order valence-corrected chi connectivity index (χ3v) is 2.92. The van der Waals surface area contributed by atoms with Crippen molar-refractivity contribution in [1.29, 1.82) is 0 Å². The van der Waals surface area contributed by atoms with E-state index in [2.05, 4.69) is 0 Å². The number of ether oxygens (including phenoxy) is 1. The molecule has 1 heterocycles. The molecule has 1 saturated heterocycles. The molecule has 16 heavy (non-hydrogen) atoms. The molecule has 1 fully saturated rings. The first kappa shape index (κ1) is 11.1. The van der Waals surface area contributed by atoms with Gasteiger partial charge in [0.15, 0.2) is 0 Å². The molecule has 0 bridgehead atoms. The summed E-state index contributed by atoms with van der Waals surface area (Å²) in [5.74, 6) is -0.193. The molecule has 4 heteroatoms. The number of nitrogens with two attached hydrogens (primary N) is 1. The Bertz CT molecular complexity index is 367. The Labute approximate surface area is 95.0 Å². The largest absolute Gasteiger partial charge is 0.379 e. The summed E-state index contributed by atoms with van der Waals surface area (Å²) in [6.07, 6.45) is 0. The van der Waals surface area contributed by atoms with Crippen LogP contribution in [-0.2, 0) is 9.53 Å². The highest BCUT2D eigenvalue weighted by Gasteiger charge is 2.33. The molecule has 2 unspecified atom stereocenters. The average Bonchev–Trinajstić information content (AvgIpc) is 2.75. The summed E-state index contributed by atoms with van der Waals surface area (Å²) in [5.41, 5.74) is 6.70. The van der Waals surface area contributed by atoms with Crippen LogP contribution in [0.15, 0.2) is 30.3 Å². The van der Waals surface area contributed by atoms with Gasteiger partial charge in [-0.3, -0.25) is 4.79 Å². The quantitative estimate of drug-likeness (QED) is 0.795. The molecule has 0 aliphatic carbocycles. The molecule has 2 N–H and O–H groups in total. The van der Waals surface area contributed by atoms with E-state index in [9.17, 15) is 4.79 Å². The molecule has 86 valence electrons. The Morgan fingerprint density at radius 2 is 2.06 bits per heavy atom. The number of benzene rings is 1. The highest BCUT2D eigenvalue weighted by atomic mass is 16.5. The highest BCUT2D eigenvalue weighted by Crippen LogP contribution is 2.19. The van der Waals surface area contributed by atoms with E-state index < -0.39 is 0 Å². The van der Waals surface area contributed by atoms with E-state index in [1.807, 2.05) is 30.3 Å². The van der Waals surface area contributed by atoms with E-state index in [-0.39, 0.29) is 17.9 Å². The molecular formula is C12H16N2O2. The average molecular weight is 220 g/mol. The standard InChI is InChI=1S/C12H16N2O2/c1-14(9-5-3-2-4-6-9)12(15)10-7-16-8-11(10)13/h2-6,10-11H,7-8,13H2,1H3. The van der Waals surface area contributed by atoms with Gasteiger partial charge in [-0.25, -0.2) is 0 Å². The van der Waals surface area contributed by atoms with Crippen molar-refractivity contribution in [3.8, 4) is 0 Å². The number of carbonyl (C=O) groups is 1. The first-order valence-corrected chi connectivity index (χ1v) is 5.36. The lowest BCUT2D eigenvalue weighted by molar-refractivity contribution is -0.122. The van der Waals surface area contributed by atoms with Gasteiger partial charge in [-0.1, -0.05) is 18.2 Å². The third kappa shape index (κ3) is 2.08. The van der Waals surface area contributed by atoms with Crippen LogP contribution in [-0.4, -0.2) is 32.2 Å². The van der Waals surface area contributed by atoms with Gasteiger partial charge >= 0.3 is 0 Å². The van der Waals surface area contributed by atoms with Crippen molar-refractivity contribution in [2.24, 2.45) is 11.7 Å². The van der Waals surface area contributed by atoms with Gasteiger partial charge in [0.1, 0.15) is 0 Å². The molecule has 1 aromatic carbocycles. The summed E-state index contributed by atoms with van der Waals surface area (Å²) < 4.78 is 5.20. The zero-order valence-electron chi connectivity index (χ0n) is 9.30. The molecule has 0 saturated carbocycles. The van der Waals surface area contributed by atoms with Crippen molar-refractivity contribution in [3.63, 3.8) is 0 Å². The van der Waals surface area contributed by atoms with Crippen molar-refractivity contribution in [3.05, 3.63) is 30.3 Å². The Hall–Kier alpha value is -1.39. The summed E-state index contributed by atoms with van der Waals surface area (Å²) in [6, 6.07) is 9.36. The lowest BCUT2D eigenvalue weighted by Gasteiger charge is -2.22. The van der Waals surface area contributed by atoms with Crippen LogP contribution in [0.5, 0.6) is 0 Å². The lowest BCUT2D eigenvalue weighted by Crippen LogP contribution is -2.42. The van der Waals surface area contributed by atoms with Crippen LogP contribution in [0.1, 0.15) is 0 Å². The Kier molecular flexibility index (Phi) is 3.22. The monoisotopic (exact) mass is 220 g/mol. The fraction of sp³-hybridized carbons (Fsp3) is 0.417. The molecule has 1 amide bonds. The van der Waals surface area contributed by atoms with Crippen LogP contribution in [0.25, 0.3) is 0 Å². The predicted octanol–water partition coefficient (Wildman–Crippen LogP) is 0.623. The third-order valence-electron chi connectivity index (χ3n) is 2.92. The van der Waals surface area contributed by atoms with E-state index in [0.29, 0.717) is 13.2 Å². The minimum Gasteiger partial charge on any atom is -0.379 e. The van der Waals surface area contributed by atoms with E-state index in [1.165, 1.54) is 0 Å². The Morgan fingerprint density at radius 1 is 1.38 bits per heavy atom. The van der Waals surface area contributed by atoms with Crippen molar-refractivity contribution in [1.82, 2.24) is 0 Å². The molecule has 0 spiro atoms. The second-order valence-corrected chi connectivity index (χ2v) is 4.04. The van der Waals surface area contributed by atoms with E-state index in [4.69, 9.17) is 10.5 Å². The second kappa shape index (κ2) is 4.63. The summed E-state index contributed by atoms with van der Waals surface area (Å²) in [6.45, 7) is 0.899. The SMILES string of the molecule is CN(C(=O)C1COCC1N)c1ccccc1. The van der Waals surface area contributed by atoms with Crippen LogP contribution >= 0.6 is 0 Å². The van der Waals surface area contributed by atoms with Gasteiger partial charge in [0.25, 0.3) is 0 Å².